The number of piperazine rings is 1. The van der Waals surface area contributed by atoms with Crippen LogP contribution in [0.2, 0.25) is 0 Å². The maximum atomic E-state index is 12.3. The highest BCUT2D eigenvalue weighted by Gasteiger charge is 2.23. The van der Waals surface area contributed by atoms with Gasteiger partial charge in [-0.3, -0.25) is 9.78 Å². The van der Waals surface area contributed by atoms with Gasteiger partial charge in [0, 0.05) is 56.5 Å². The van der Waals surface area contributed by atoms with Crippen LogP contribution < -0.4 is 5.32 Å². The van der Waals surface area contributed by atoms with E-state index >= 15 is 0 Å². The third-order valence-corrected chi connectivity index (χ3v) is 3.78. The van der Waals surface area contributed by atoms with E-state index in [1.54, 1.807) is 12.4 Å². The predicted octanol–water partition coefficient (Wildman–Crippen LogP) is 1.73. The quantitative estimate of drug-likeness (QED) is 0.878. The molecule has 1 amide bonds. The van der Waals surface area contributed by atoms with E-state index in [4.69, 9.17) is 4.52 Å². The fourth-order valence-corrected chi connectivity index (χ4v) is 2.54. The first-order chi connectivity index (χ1) is 10.7. The Morgan fingerprint density at radius 2 is 2.12 bits per heavy atom. The van der Waals surface area contributed by atoms with Crippen molar-refractivity contribution in [2.24, 2.45) is 0 Å². The molecule has 1 aliphatic heterocycles. The van der Waals surface area contributed by atoms with Gasteiger partial charge in [-0.05, 0) is 19.1 Å². The number of hydrogen-bond acceptors (Lipinski definition) is 6. The molecular formula is C15H21Cl2N5O2. The number of hydrogen-bond donors (Lipinski definition) is 1. The van der Waals surface area contributed by atoms with Gasteiger partial charge in [0.05, 0.1) is 0 Å². The first kappa shape index (κ1) is 20.3. The van der Waals surface area contributed by atoms with E-state index in [0.717, 1.165) is 25.2 Å². The molecule has 2 aromatic heterocycles. The number of rotatable bonds is 4. The number of nitrogens with zero attached hydrogens (tertiary/aromatic N) is 4. The summed E-state index contributed by atoms with van der Waals surface area (Å²) in [5, 5.41) is 7.22. The molecule has 0 saturated carbocycles. The summed E-state index contributed by atoms with van der Waals surface area (Å²) in [6.45, 7) is 4.51. The standard InChI is InChI=1S/C15H19N5O2.2ClH/c1-11-10-17-8-9-20(11)14(21)3-2-13-18-15(19-22-13)12-4-6-16-7-5-12;;/h4-7,11,17H,2-3,8-10H2,1H3;2*1H. The second-order valence-electron chi connectivity index (χ2n) is 5.39. The molecule has 7 nitrogen and oxygen atoms in total. The molecule has 1 aliphatic rings. The first-order valence-corrected chi connectivity index (χ1v) is 7.47. The van der Waals surface area contributed by atoms with Gasteiger partial charge >= 0.3 is 0 Å². The lowest BCUT2D eigenvalue weighted by molar-refractivity contribution is -0.134. The molecule has 2 aromatic rings. The largest absolute Gasteiger partial charge is 0.339 e. The van der Waals surface area contributed by atoms with Crippen LogP contribution in [0, 0.1) is 0 Å². The third kappa shape index (κ3) is 4.90. The summed E-state index contributed by atoms with van der Waals surface area (Å²) in [7, 11) is 0. The molecule has 0 spiro atoms. The summed E-state index contributed by atoms with van der Waals surface area (Å²) >= 11 is 0. The Bertz CT molecular complexity index is 638. The topological polar surface area (TPSA) is 84.2 Å². The van der Waals surface area contributed by atoms with Crippen molar-refractivity contribution in [2.75, 3.05) is 19.6 Å². The van der Waals surface area contributed by atoms with Crippen LogP contribution in [0.3, 0.4) is 0 Å². The Kier molecular flexibility index (Phi) is 8.10. The van der Waals surface area contributed by atoms with Gasteiger partial charge in [0.1, 0.15) is 0 Å². The van der Waals surface area contributed by atoms with Crippen molar-refractivity contribution in [3.63, 3.8) is 0 Å². The van der Waals surface area contributed by atoms with Crippen molar-refractivity contribution >= 4 is 30.7 Å². The number of aromatic nitrogens is 3. The van der Waals surface area contributed by atoms with Gasteiger partial charge < -0.3 is 14.7 Å². The van der Waals surface area contributed by atoms with Crippen molar-refractivity contribution < 1.29 is 9.32 Å². The molecular weight excluding hydrogens is 353 g/mol. The monoisotopic (exact) mass is 373 g/mol. The number of aryl methyl sites for hydroxylation is 1. The van der Waals surface area contributed by atoms with Gasteiger partial charge in [-0.25, -0.2) is 0 Å². The van der Waals surface area contributed by atoms with Crippen LogP contribution in [0.25, 0.3) is 11.4 Å². The number of halogens is 2. The molecule has 1 unspecified atom stereocenters. The second kappa shape index (κ2) is 9.56. The highest BCUT2D eigenvalue weighted by molar-refractivity contribution is 5.85. The molecule has 3 heterocycles. The highest BCUT2D eigenvalue weighted by atomic mass is 35.5. The van der Waals surface area contributed by atoms with E-state index in [1.165, 1.54) is 0 Å². The van der Waals surface area contributed by atoms with Gasteiger partial charge in [0.2, 0.25) is 17.6 Å². The van der Waals surface area contributed by atoms with E-state index in [0.29, 0.717) is 24.6 Å². The van der Waals surface area contributed by atoms with E-state index in [-0.39, 0.29) is 36.8 Å². The third-order valence-electron chi connectivity index (χ3n) is 3.78. The predicted molar refractivity (Wildman–Crippen MR) is 94.4 cm³/mol. The van der Waals surface area contributed by atoms with Crippen LogP contribution in [0.4, 0.5) is 0 Å². The van der Waals surface area contributed by atoms with E-state index < -0.39 is 0 Å². The summed E-state index contributed by atoms with van der Waals surface area (Å²) < 4.78 is 5.22. The molecule has 1 saturated heterocycles. The normalized spacial score (nSPS) is 16.9. The number of nitrogens with one attached hydrogen (secondary N) is 1. The minimum absolute atomic E-state index is 0. The van der Waals surface area contributed by atoms with Gasteiger partial charge in [-0.15, -0.1) is 24.8 Å². The van der Waals surface area contributed by atoms with Crippen LogP contribution in [0.5, 0.6) is 0 Å². The fraction of sp³-hybridized carbons (Fsp3) is 0.467. The Balaban J connectivity index is 0.00000144. The minimum atomic E-state index is 0. The minimum Gasteiger partial charge on any atom is -0.339 e. The summed E-state index contributed by atoms with van der Waals surface area (Å²) in [6, 6.07) is 3.88. The molecule has 0 aromatic carbocycles. The summed E-state index contributed by atoms with van der Waals surface area (Å²) in [5.74, 6) is 1.15. The number of carbonyl (C=O) groups excluding carboxylic acids is 1. The second-order valence-corrected chi connectivity index (χ2v) is 5.39. The van der Waals surface area contributed by atoms with Crippen molar-refractivity contribution in [3.8, 4) is 11.4 Å². The van der Waals surface area contributed by atoms with Crippen LogP contribution in [0.15, 0.2) is 29.0 Å². The van der Waals surface area contributed by atoms with Crippen molar-refractivity contribution in [2.45, 2.75) is 25.8 Å². The maximum absolute atomic E-state index is 12.3. The molecule has 3 rings (SSSR count). The van der Waals surface area contributed by atoms with Gasteiger partial charge in [-0.2, -0.15) is 4.98 Å². The van der Waals surface area contributed by atoms with Gasteiger partial charge in [-0.1, -0.05) is 5.16 Å². The molecule has 1 fully saturated rings. The summed E-state index contributed by atoms with van der Waals surface area (Å²) in [6.07, 6.45) is 4.22. The van der Waals surface area contributed by atoms with Crippen LogP contribution in [0.1, 0.15) is 19.2 Å². The first-order valence-electron chi connectivity index (χ1n) is 7.47. The van der Waals surface area contributed by atoms with E-state index in [1.807, 2.05) is 17.0 Å². The van der Waals surface area contributed by atoms with Gasteiger partial charge in [0.15, 0.2) is 0 Å². The molecule has 0 radical (unpaired) electrons. The number of amides is 1. The average molecular weight is 374 g/mol. The Morgan fingerprint density at radius 3 is 2.83 bits per heavy atom. The lowest BCUT2D eigenvalue weighted by Gasteiger charge is -2.34. The maximum Gasteiger partial charge on any atom is 0.227 e. The molecule has 1 N–H and O–H groups in total. The van der Waals surface area contributed by atoms with Crippen molar-refractivity contribution in [1.82, 2.24) is 25.3 Å². The zero-order chi connectivity index (χ0) is 15.4. The van der Waals surface area contributed by atoms with Crippen LogP contribution in [-0.2, 0) is 11.2 Å². The fourth-order valence-electron chi connectivity index (χ4n) is 2.54. The molecule has 24 heavy (non-hydrogen) atoms. The average Bonchev–Trinajstić information content (AvgIpc) is 3.03. The Labute approximate surface area is 153 Å². The SMILES string of the molecule is CC1CNCCN1C(=O)CCc1nc(-c2ccncc2)no1.Cl.Cl. The highest BCUT2D eigenvalue weighted by Crippen LogP contribution is 2.15. The van der Waals surface area contributed by atoms with E-state index in [2.05, 4.69) is 27.4 Å². The van der Waals surface area contributed by atoms with Crippen LogP contribution >= 0.6 is 24.8 Å². The Morgan fingerprint density at radius 1 is 1.38 bits per heavy atom. The zero-order valence-electron chi connectivity index (χ0n) is 13.3. The van der Waals surface area contributed by atoms with Crippen molar-refractivity contribution in [1.29, 1.82) is 0 Å². The van der Waals surface area contributed by atoms with Gasteiger partial charge in [0.25, 0.3) is 0 Å². The molecule has 0 aliphatic carbocycles. The lowest BCUT2D eigenvalue weighted by atomic mass is 10.2. The van der Waals surface area contributed by atoms with E-state index in [9.17, 15) is 4.79 Å². The van der Waals surface area contributed by atoms with Crippen LogP contribution in [-0.4, -0.2) is 51.6 Å². The Hall–Kier alpha value is -1.70. The molecule has 132 valence electrons. The number of pyridine rings is 1. The molecule has 9 heteroatoms. The number of carbonyl (C=O) groups is 1. The van der Waals surface area contributed by atoms with Crippen molar-refractivity contribution in [3.05, 3.63) is 30.4 Å². The zero-order valence-corrected chi connectivity index (χ0v) is 15.0. The smallest absolute Gasteiger partial charge is 0.227 e. The summed E-state index contributed by atoms with van der Waals surface area (Å²) in [4.78, 5) is 22.5. The molecule has 1 atom stereocenters. The molecule has 0 bridgehead atoms. The summed E-state index contributed by atoms with van der Waals surface area (Å²) in [5.41, 5.74) is 0.854. The lowest BCUT2D eigenvalue weighted by Crippen LogP contribution is -2.52.